The highest BCUT2D eigenvalue weighted by Crippen LogP contribution is 2.22. The average Bonchev–Trinajstić information content (AvgIpc) is 1.96. The molecule has 0 bridgehead atoms. The summed E-state index contributed by atoms with van der Waals surface area (Å²) < 4.78 is 13.3. The molecule has 0 spiro atoms. The first-order valence-corrected chi connectivity index (χ1v) is 4.11. The first-order chi connectivity index (χ1) is 5.65. The van der Waals surface area contributed by atoms with Gasteiger partial charge in [0.15, 0.2) is 0 Å². The molecule has 0 aromatic heterocycles. The molecule has 4 heteroatoms. The minimum atomic E-state index is -0.354. The van der Waals surface area contributed by atoms with Gasteiger partial charge in [-0.3, -0.25) is 4.99 Å². The quantitative estimate of drug-likeness (QED) is 0.584. The molecule has 0 aliphatic carbocycles. The molecule has 64 valence electrons. The lowest BCUT2D eigenvalue weighted by atomic mass is 10.2. The number of halogens is 2. The molecule has 2 nitrogen and oxygen atoms in total. The molecule has 0 unspecified atom stereocenters. The van der Waals surface area contributed by atoms with E-state index in [1.807, 2.05) is 0 Å². The Morgan fingerprint density at radius 2 is 2.25 bits per heavy atom. The number of rotatable bonds is 1. The van der Waals surface area contributed by atoms with Crippen molar-refractivity contribution in [2.45, 2.75) is 0 Å². The Labute approximate surface area is 78.4 Å². The van der Waals surface area contributed by atoms with Gasteiger partial charge in [0.05, 0.1) is 0 Å². The summed E-state index contributed by atoms with van der Waals surface area (Å²) in [4.78, 5) is 3.80. The molecule has 0 fully saturated rings. The van der Waals surface area contributed by atoms with Crippen LogP contribution in [0, 0.1) is 5.82 Å². The summed E-state index contributed by atoms with van der Waals surface area (Å²) in [7, 11) is 1.63. The summed E-state index contributed by atoms with van der Waals surface area (Å²) in [5, 5.41) is 0. The van der Waals surface area contributed by atoms with Crippen LogP contribution in [0.15, 0.2) is 21.6 Å². The fourth-order valence-corrected chi connectivity index (χ4v) is 1.42. The highest BCUT2D eigenvalue weighted by Gasteiger charge is 2.03. The van der Waals surface area contributed by atoms with E-state index in [-0.39, 0.29) is 5.82 Å². The molecule has 0 amide bonds. The Bertz CT molecular complexity index is 300. The van der Waals surface area contributed by atoms with Gasteiger partial charge in [-0.15, -0.1) is 0 Å². The Hall–Kier alpha value is -0.900. The van der Waals surface area contributed by atoms with Crippen molar-refractivity contribution in [1.82, 2.24) is 0 Å². The molecular weight excluding hydrogens is 223 g/mol. The Morgan fingerprint density at radius 1 is 1.58 bits per heavy atom. The minimum Gasteiger partial charge on any atom is -0.398 e. The standard InChI is InChI=1S/C8H8BrFN2/c1-12-4-6-7(9)2-5(10)3-8(6)11/h2-4H,11H2,1H3/b12-4+. The second-order valence-corrected chi connectivity index (χ2v) is 3.13. The van der Waals surface area contributed by atoms with Crippen molar-refractivity contribution >= 4 is 27.8 Å². The lowest BCUT2D eigenvalue weighted by Gasteiger charge is -2.02. The van der Waals surface area contributed by atoms with E-state index in [9.17, 15) is 4.39 Å². The molecule has 0 heterocycles. The van der Waals surface area contributed by atoms with E-state index in [4.69, 9.17) is 5.73 Å². The number of nitrogens with zero attached hydrogens (tertiary/aromatic N) is 1. The molecule has 0 saturated carbocycles. The Kier molecular flexibility index (Phi) is 2.81. The third-order valence-electron chi connectivity index (χ3n) is 1.38. The van der Waals surface area contributed by atoms with E-state index >= 15 is 0 Å². The molecule has 0 aliphatic rings. The lowest BCUT2D eigenvalue weighted by molar-refractivity contribution is 0.627. The molecule has 0 radical (unpaired) electrons. The van der Waals surface area contributed by atoms with Crippen molar-refractivity contribution in [3.8, 4) is 0 Å². The van der Waals surface area contributed by atoms with E-state index < -0.39 is 0 Å². The van der Waals surface area contributed by atoms with Gasteiger partial charge in [-0.05, 0) is 28.1 Å². The Morgan fingerprint density at radius 3 is 2.75 bits per heavy atom. The van der Waals surface area contributed by atoms with Crippen LogP contribution < -0.4 is 5.73 Å². The van der Waals surface area contributed by atoms with Gasteiger partial charge in [0, 0.05) is 29.0 Å². The molecular formula is C8H8BrFN2. The summed E-state index contributed by atoms with van der Waals surface area (Å²) in [5.74, 6) is -0.354. The first kappa shape index (κ1) is 9.19. The van der Waals surface area contributed by atoms with Crippen molar-refractivity contribution in [2.75, 3.05) is 12.8 Å². The van der Waals surface area contributed by atoms with Crippen LogP contribution in [0.3, 0.4) is 0 Å². The molecule has 0 atom stereocenters. The van der Waals surface area contributed by atoms with Crippen LogP contribution in [0.2, 0.25) is 0 Å². The second kappa shape index (κ2) is 3.67. The minimum absolute atomic E-state index is 0.354. The van der Waals surface area contributed by atoms with Crippen LogP contribution >= 0.6 is 15.9 Å². The second-order valence-electron chi connectivity index (χ2n) is 2.28. The number of benzene rings is 1. The van der Waals surface area contributed by atoms with Gasteiger partial charge >= 0.3 is 0 Å². The van der Waals surface area contributed by atoms with Gasteiger partial charge in [-0.25, -0.2) is 4.39 Å². The van der Waals surface area contributed by atoms with Crippen molar-refractivity contribution in [1.29, 1.82) is 0 Å². The molecule has 1 aromatic carbocycles. The summed E-state index contributed by atoms with van der Waals surface area (Å²) >= 11 is 3.19. The average molecular weight is 231 g/mol. The van der Waals surface area contributed by atoms with Crippen molar-refractivity contribution in [3.05, 3.63) is 28.0 Å². The van der Waals surface area contributed by atoms with E-state index in [2.05, 4.69) is 20.9 Å². The maximum atomic E-state index is 12.7. The number of hydrogen-bond donors (Lipinski definition) is 1. The topological polar surface area (TPSA) is 38.4 Å². The maximum absolute atomic E-state index is 12.7. The third kappa shape index (κ3) is 1.82. The molecule has 2 N–H and O–H groups in total. The highest BCUT2D eigenvalue weighted by molar-refractivity contribution is 9.10. The Balaban J connectivity index is 3.28. The van der Waals surface area contributed by atoms with E-state index in [1.165, 1.54) is 12.1 Å². The molecule has 1 aromatic rings. The van der Waals surface area contributed by atoms with Crippen molar-refractivity contribution < 1.29 is 4.39 Å². The summed E-state index contributed by atoms with van der Waals surface area (Å²) in [6.45, 7) is 0. The van der Waals surface area contributed by atoms with Gasteiger partial charge in [-0.1, -0.05) is 0 Å². The molecule has 1 rings (SSSR count). The van der Waals surface area contributed by atoms with Crippen LogP contribution in [0.1, 0.15) is 5.56 Å². The van der Waals surface area contributed by atoms with Crippen LogP contribution in [0.5, 0.6) is 0 Å². The number of nitrogen functional groups attached to an aromatic ring is 1. The van der Waals surface area contributed by atoms with Crippen LogP contribution in [0.4, 0.5) is 10.1 Å². The van der Waals surface area contributed by atoms with Gasteiger partial charge < -0.3 is 5.73 Å². The van der Waals surface area contributed by atoms with Crippen LogP contribution in [-0.4, -0.2) is 13.3 Å². The first-order valence-electron chi connectivity index (χ1n) is 3.32. The maximum Gasteiger partial charge on any atom is 0.126 e. The largest absolute Gasteiger partial charge is 0.398 e. The number of aliphatic imine (C=N–C) groups is 1. The van der Waals surface area contributed by atoms with Gasteiger partial charge in [-0.2, -0.15) is 0 Å². The number of hydrogen-bond acceptors (Lipinski definition) is 2. The summed E-state index contributed by atoms with van der Waals surface area (Å²) in [6, 6.07) is 2.62. The predicted octanol–water partition coefficient (Wildman–Crippen LogP) is 2.22. The normalized spacial score (nSPS) is 10.9. The van der Waals surface area contributed by atoms with E-state index in [1.54, 1.807) is 13.3 Å². The molecule has 0 saturated heterocycles. The van der Waals surface area contributed by atoms with E-state index in [0.717, 1.165) is 0 Å². The fraction of sp³-hybridized carbons (Fsp3) is 0.125. The zero-order chi connectivity index (χ0) is 9.14. The highest BCUT2D eigenvalue weighted by atomic mass is 79.9. The predicted molar refractivity (Wildman–Crippen MR) is 52.0 cm³/mol. The fourth-order valence-electron chi connectivity index (χ4n) is 0.870. The van der Waals surface area contributed by atoms with Gasteiger partial charge in [0.2, 0.25) is 0 Å². The number of anilines is 1. The number of nitrogens with two attached hydrogens (primary N) is 1. The monoisotopic (exact) mass is 230 g/mol. The van der Waals surface area contributed by atoms with Crippen LogP contribution in [0.25, 0.3) is 0 Å². The molecule has 12 heavy (non-hydrogen) atoms. The van der Waals surface area contributed by atoms with Crippen LogP contribution in [-0.2, 0) is 0 Å². The van der Waals surface area contributed by atoms with Crippen molar-refractivity contribution in [2.24, 2.45) is 4.99 Å². The van der Waals surface area contributed by atoms with Gasteiger partial charge in [0.1, 0.15) is 5.82 Å². The van der Waals surface area contributed by atoms with Gasteiger partial charge in [0.25, 0.3) is 0 Å². The summed E-state index contributed by atoms with van der Waals surface area (Å²) in [6.07, 6.45) is 1.58. The SMILES string of the molecule is C/N=C/c1c(N)cc(F)cc1Br. The van der Waals surface area contributed by atoms with E-state index in [0.29, 0.717) is 15.7 Å². The van der Waals surface area contributed by atoms with Crippen molar-refractivity contribution in [3.63, 3.8) is 0 Å². The smallest absolute Gasteiger partial charge is 0.126 e. The zero-order valence-corrected chi connectivity index (χ0v) is 8.10. The lowest BCUT2D eigenvalue weighted by Crippen LogP contribution is -1.95. The summed E-state index contributed by atoms with van der Waals surface area (Å²) in [5.41, 5.74) is 6.64. The molecule has 0 aliphatic heterocycles. The zero-order valence-electron chi connectivity index (χ0n) is 6.51. The third-order valence-corrected chi connectivity index (χ3v) is 2.04.